The van der Waals surface area contributed by atoms with Gasteiger partial charge in [-0.15, -0.1) is 0 Å². The molecular weight excluding hydrogens is 268 g/mol. The third-order valence-electron chi connectivity index (χ3n) is 3.37. The highest BCUT2D eigenvalue weighted by atomic mass is 16.5. The Kier molecular flexibility index (Phi) is 3.36. The van der Waals surface area contributed by atoms with Gasteiger partial charge in [0.2, 0.25) is 5.89 Å². The number of hydrogen-bond acceptors (Lipinski definition) is 5. The maximum Gasteiger partial charge on any atom is 0.360 e. The number of oxazole rings is 1. The first-order valence-electron chi connectivity index (χ1n) is 6.60. The first kappa shape index (κ1) is 13.3. The van der Waals surface area contributed by atoms with Crippen molar-refractivity contribution >= 4 is 11.7 Å². The molecule has 2 aromatic rings. The summed E-state index contributed by atoms with van der Waals surface area (Å²) in [6, 6.07) is 9.02. The molecule has 0 amide bonds. The molecule has 0 fully saturated rings. The standard InChI is InChI=1S/C16H14N2O3/c1-3-7-18-8-6-11-9-12(4-5-14(11)18)15-17-13(10-21-15)16(19)20-2/h4-5,9-10H,6,8H2,1-2H3. The molecule has 21 heavy (non-hydrogen) atoms. The maximum atomic E-state index is 11.4. The van der Waals surface area contributed by atoms with Crippen LogP contribution >= 0.6 is 0 Å². The highest BCUT2D eigenvalue weighted by Gasteiger charge is 2.20. The van der Waals surface area contributed by atoms with Crippen LogP contribution in [0.25, 0.3) is 11.5 Å². The second-order valence-electron chi connectivity index (χ2n) is 4.64. The van der Waals surface area contributed by atoms with E-state index in [0.29, 0.717) is 5.89 Å². The summed E-state index contributed by atoms with van der Waals surface area (Å²) in [5, 5.41) is 0. The lowest BCUT2D eigenvalue weighted by atomic mass is 10.1. The second-order valence-corrected chi connectivity index (χ2v) is 4.64. The Labute approximate surface area is 122 Å². The fraction of sp³-hybridized carbons (Fsp3) is 0.250. The van der Waals surface area contributed by atoms with Gasteiger partial charge < -0.3 is 14.1 Å². The van der Waals surface area contributed by atoms with E-state index in [9.17, 15) is 4.79 Å². The molecule has 0 spiro atoms. The van der Waals surface area contributed by atoms with E-state index < -0.39 is 5.97 Å². The van der Waals surface area contributed by atoms with Crippen LogP contribution in [0.15, 0.2) is 28.9 Å². The number of aromatic nitrogens is 1. The van der Waals surface area contributed by atoms with Gasteiger partial charge in [0, 0.05) is 18.2 Å². The van der Waals surface area contributed by atoms with Gasteiger partial charge in [-0.1, -0.05) is 5.92 Å². The lowest BCUT2D eigenvalue weighted by Crippen LogP contribution is -2.12. The number of fused-ring (bicyclic) bond motifs is 1. The van der Waals surface area contributed by atoms with Crippen molar-refractivity contribution in [3.05, 3.63) is 35.7 Å². The minimum Gasteiger partial charge on any atom is -0.464 e. The van der Waals surface area contributed by atoms with Crippen molar-refractivity contribution in [1.29, 1.82) is 0 Å². The summed E-state index contributed by atoms with van der Waals surface area (Å²) in [6.45, 7) is 2.71. The van der Waals surface area contributed by atoms with Crippen molar-refractivity contribution in [2.75, 3.05) is 18.6 Å². The molecule has 1 aliphatic rings. The summed E-state index contributed by atoms with van der Waals surface area (Å²) in [5.74, 6) is 2.82. The molecule has 0 N–H and O–H groups in total. The molecule has 5 heteroatoms. The summed E-state index contributed by atoms with van der Waals surface area (Å²) in [6.07, 6.45) is 2.24. The molecule has 0 atom stereocenters. The molecule has 2 heterocycles. The zero-order valence-corrected chi connectivity index (χ0v) is 11.8. The average Bonchev–Trinajstić information content (AvgIpc) is 3.14. The highest BCUT2D eigenvalue weighted by molar-refractivity contribution is 5.87. The Morgan fingerprint density at radius 1 is 1.48 bits per heavy atom. The van der Waals surface area contributed by atoms with Crippen LogP contribution in [0.4, 0.5) is 5.69 Å². The summed E-state index contributed by atoms with van der Waals surface area (Å²) in [4.78, 5) is 17.6. The maximum absolute atomic E-state index is 11.4. The molecule has 0 saturated carbocycles. The van der Waals surface area contributed by atoms with Crippen LogP contribution in [0.5, 0.6) is 0 Å². The summed E-state index contributed by atoms with van der Waals surface area (Å²) < 4.78 is 9.97. The van der Waals surface area contributed by atoms with Gasteiger partial charge in [-0.25, -0.2) is 9.78 Å². The monoisotopic (exact) mass is 282 g/mol. The number of nitrogens with zero attached hydrogens (tertiary/aromatic N) is 2. The van der Waals surface area contributed by atoms with Crippen LogP contribution in [0.3, 0.4) is 0 Å². The summed E-state index contributed by atoms with van der Waals surface area (Å²) in [5.41, 5.74) is 3.34. The minimum atomic E-state index is -0.504. The third-order valence-corrected chi connectivity index (χ3v) is 3.37. The van der Waals surface area contributed by atoms with Crippen LogP contribution in [0.2, 0.25) is 0 Å². The zero-order valence-electron chi connectivity index (χ0n) is 11.8. The first-order valence-corrected chi connectivity index (χ1v) is 6.60. The largest absolute Gasteiger partial charge is 0.464 e. The van der Waals surface area contributed by atoms with E-state index in [4.69, 9.17) is 4.42 Å². The topological polar surface area (TPSA) is 55.6 Å². The van der Waals surface area contributed by atoms with Gasteiger partial charge in [-0.05, 0) is 37.1 Å². The SMILES string of the molecule is CC#CN1CCc2cc(-c3nc(C(=O)OC)co3)ccc21. The average molecular weight is 282 g/mol. The molecule has 0 saturated heterocycles. The Morgan fingerprint density at radius 3 is 3.10 bits per heavy atom. The second kappa shape index (κ2) is 5.33. The lowest BCUT2D eigenvalue weighted by Gasteiger charge is -2.10. The number of ether oxygens (including phenoxy) is 1. The normalized spacial score (nSPS) is 12.6. The van der Waals surface area contributed by atoms with Crippen molar-refractivity contribution in [2.45, 2.75) is 13.3 Å². The predicted molar refractivity (Wildman–Crippen MR) is 77.8 cm³/mol. The first-order chi connectivity index (χ1) is 10.2. The molecule has 0 radical (unpaired) electrons. The van der Waals surface area contributed by atoms with E-state index in [-0.39, 0.29) is 5.69 Å². The number of anilines is 1. The lowest BCUT2D eigenvalue weighted by molar-refractivity contribution is 0.0594. The van der Waals surface area contributed by atoms with E-state index in [0.717, 1.165) is 24.2 Å². The zero-order chi connectivity index (χ0) is 14.8. The van der Waals surface area contributed by atoms with Gasteiger partial charge >= 0.3 is 5.97 Å². The summed E-state index contributed by atoms with van der Waals surface area (Å²) >= 11 is 0. The van der Waals surface area contributed by atoms with Crippen molar-refractivity contribution in [3.8, 4) is 23.4 Å². The van der Waals surface area contributed by atoms with Gasteiger partial charge in [0.15, 0.2) is 5.69 Å². The molecule has 1 aliphatic heterocycles. The highest BCUT2D eigenvalue weighted by Crippen LogP contribution is 2.31. The smallest absolute Gasteiger partial charge is 0.360 e. The fourth-order valence-corrected chi connectivity index (χ4v) is 2.39. The third kappa shape index (κ3) is 2.36. The van der Waals surface area contributed by atoms with Crippen LogP contribution in [0.1, 0.15) is 23.0 Å². The van der Waals surface area contributed by atoms with Crippen LogP contribution < -0.4 is 4.90 Å². The van der Waals surface area contributed by atoms with Gasteiger partial charge in [-0.3, -0.25) is 0 Å². The minimum absolute atomic E-state index is 0.173. The molecule has 0 aliphatic carbocycles. The van der Waals surface area contributed by atoms with Crippen molar-refractivity contribution in [2.24, 2.45) is 0 Å². The van der Waals surface area contributed by atoms with Crippen molar-refractivity contribution in [1.82, 2.24) is 4.98 Å². The molecular formula is C16H14N2O3. The van der Waals surface area contributed by atoms with Gasteiger partial charge in [0.05, 0.1) is 12.8 Å². The van der Waals surface area contributed by atoms with Gasteiger partial charge in [0.1, 0.15) is 6.26 Å². The van der Waals surface area contributed by atoms with E-state index in [1.807, 2.05) is 30.0 Å². The molecule has 3 rings (SSSR count). The summed E-state index contributed by atoms with van der Waals surface area (Å²) in [7, 11) is 1.31. The fourth-order valence-electron chi connectivity index (χ4n) is 2.39. The van der Waals surface area contributed by atoms with E-state index in [1.54, 1.807) is 0 Å². The number of hydrogen-bond donors (Lipinski definition) is 0. The van der Waals surface area contributed by atoms with Gasteiger partial charge in [0.25, 0.3) is 0 Å². The quantitative estimate of drug-likeness (QED) is 0.625. The van der Waals surface area contributed by atoms with E-state index in [2.05, 4.69) is 21.7 Å². The number of carbonyl (C=O) groups is 1. The van der Waals surface area contributed by atoms with Crippen LogP contribution in [0, 0.1) is 12.0 Å². The number of methoxy groups -OCH3 is 1. The molecule has 1 aromatic carbocycles. The molecule has 5 nitrogen and oxygen atoms in total. The van der Waals surface area contributed by atoms with Crippen molar-refractivity contribution in [3.63, 3.8) is 0 Å². The number of rotatable bonds is 2. The Balaban J connectivity index is 1.92. The van der Waals surface area contributed by atoms with Crippen molar-refractivity contribution < 1.29 is 13.9 Å². The Hall–Kier alpha value is -2.74. The molecule has 106 valence electrons. The number of benzene rings is 1. The van der Waals surface area contributed by atoms with Gasteiger partial charge in [-0.2, -0.15) is 0 Å². The molecule has 1 aromatic heterocycles. The van der Waals surface area contributed by atoms with E-state index in [1.165, 1.54) is 18.9 Å². The van der Waals surface area contributed by atoms with Crippen LogP contribution in [-0.4, -0.2) is 24.6 Å². The molecule has 0 bridgehead atoms. The Morgan fingerprint density at radius 2 is 2.33 bits per heavy atom. The Bertz CT molecular complexity index is 752. The number of esters is 1. The van der Waals surface area contributed by atoms with Crippen LogP contribution in [-0.2, 0) is 11.2 Å². The molecule has 0 unspecified atom stereocenters. The predicted octanol–water partition coefficient (Wildman–Crippen LogP) is 2.47. The van der Waals surface area contributed by atoms with E-state index >= 15 is 0 Å². The number of carbonyl (C=O) groups excluding carboxylic acids is 1.